The highest BCUT2D eigenvalue weighted by atomic mass is 32.2. The van der Waals surface area contributed by atoms with E-state index in [4.69, 9.17) is 0 Å². The SMILES string of the molecule is O=C(/C=C/SCCS/C=C/C(=O)c1cccs1)c1cccs1. The minimum absolute atomic E-state index is 0.0524. The maximum absolute atomic E-state index is 11.7. The maximum Gasteiger partial charge on any atom is 0.196 e. The van der Waals surface area contributed by atoms with E-state index in [1.807, 2.05) is 45.8 Å². The van der Waals surface area contributed by atoms with E-state index in [9.17, 15) is 9.59 Å². The van der Waals surface area contributed by atoms with E-state index < -0.39 is 0 Å². The summed E-state index contributed by atoms with van der Waals surface area (Å²) in [5.74, 6) is 1.90. The Morgan fingerprint density at radius 2 is 1.32 bits per heavy atom. The van der Waals surface area contributed by atoms with Crippen LogP contribution in [0.2, 0.25) is 0 Å². The number of rotatable bonds is 9. The molecule has 2 aromatic heterocycles. The second-order valence-electron chi connectivity index (χ2n) is 4.03. The van der Waals surface area contributed by atoms with E-state index in [0.717, 1.165) is 21.3 Å². The van der Waals surface area contributed by atoms with Crippen molar-refractivity contribution in [3.8, 4) is 0 Å². The molecule has 2 heterocycles. The smallest absolute Gasteiger partial charge is 0.196 e. The third-order valence-corrected chi connectivity index (χ3v) is 6.04. The molecule has 0 aliphatic carbocycles. The van der Waals surface area contributed by atoms with Crippen LogP contribution in [0.15, 0.2) is 58.0 Å². The Kier molecular flexibility index (Phi) is 7.73. The van der Waals surface area contributed by atoms with Gasteiger partial charge in [0.05, 0.1) is 9.75 Å². The van der Waals surface area contributed by atoms with Gasteiger partial charge in [-0.15, -0.1) is 46.2 Å². The molecule has 6 heteroatoms. The summed E-state index contributed by atoms with van der Waals surface area (Å²) >= 11 is 6.11. The topological polar surface area (TPSA) is 34.1 Å². The van der Waals surface area contributed by atoms with Crippen LogP contribution in [-0.2, 0) is 0 Å². The van der Waals surface area contributed by atoms with Crippen LogP contribution < -0.4 is 0 Å². The Labute approximate surface area is 146 Å². The molecule has 0 aliphatic rings. The Morgan fingerprint density at radius 1 is 0.864 bits per heavy atom. The Balaban J connectivity index is 1.58. The fraction of sp³-hybridized carbons (Fsp3) is 0.125. The van der Waals surface area contributed by atoms with Crippen LogP contribution >= 0.6 is 46.2 Å². The third kappa shape index (κ3) is 5.96. The summed E-state index contributed by atoms with van der Waals surface area (Å²) in [5, 5.41) is 7.47. The maximum atomic E-state index is 11.7. The first kappa shape index (κ1) is 17.3. The van der Waals surface area contributed by atoms with Gasteiger partial charge in [-0.05, 0) is 45.9 Å². The molecule has 2 nitrogen and oxygen atoms in total. The van der Waals surface area contributed by atoms with E-state index in [1.165, 1.54) is 22.7 Å². The number of thioether (sulfide) groups is 2. The summed E-state index contributed by atoms with van der Waals surface area (Å²) in [6.45, 7) is 0. The molecule has 2 aromatic rings. The minimum Gasteiger partial charge on any atom is -0.288 e. The molecule has 2 rings (SSSR count). The van der Waals surface area contributed by atoms with Crippen molar-refractivity contribution in [1.82, 2.24) is 0 Å². The number of hydrogen-bond acceptors (Lipinski definition) is 6. The zero-order valence-corrected chi connectivity index (χ0v) is 14.9. The van der Waals surface area contributed by atoms with Crippen LogP contribution in [0.5, 0.6) is 0 Å². The molecule has 0 radical (unpaired) electrons. The van der Waals surface area contributed by atoms with Crippen LogP contribution in [-0.4, -0.2) is 23.1 Å². The molecule has 0 amide bonds. The average Bonchev–Trinajstić information content (AvgIpc) is 3.22. The van der Waals surface area contributed by atoms with Gasteiger partial charge >= 0.3 is 0 Å². The van der Waals surface area contributed by atoms with Gasteiger partial charge in [0.15, 0.2) is 11.6 Å². The summed E-state index contributed by atoms with van der Waals surface area (Å²) < 4.78 is 0. The quantitative estimate of drug-likeness (QED) is 0.339. The van der Waals surface area contributed by atoms with Crippen molar-refractivity contribution in [3.63, 3.8) is 0 Å². The van der Waals surface area contributed by atoms with Gasteiger partial charge in [0.25, 0.3) is 0 Å². The molecule has 22 heavy (non-hydrogen) atoms. The number of carbonyl (C=O) groups is 2. The van der Waals surface area contributed by atoms with Gasteiger partial charge in [-0.25, -0.2) is 0 Å². The molecule has 0 atom stereocenters. The van der Waals surface area contributed by atoms with Crippen LogP contribution in [0.25, 0.3) is 0 Å². The lowest BCUT2D eigenvalue weighted by Gasteiger charge is -1.93. The summed E-state index contributed by atoms with van der Waals surface area (Å²) in [6.07, 6.45) is 3.22. The molecular weight excluding hydrogens is 352 g/mol. The molecule has 0 aliphatic heterocycles. The largest absolute Gasteiger partial charge is 0.288 e. The first-order chi connectivity index (χ1) is 10.8. The zero-order chi connectivity index (χ0) is 15.6. The first-order valence-electron chi connectivity index (χ1n) is 6.49. The Bertz CT molecular complexity index is 582. The van der Waals surface area contributed by atoms with E-state index in [2.05, 4.69) is 0 Å². The average molecular weight is 367 g/mol. The van der Waals surface area contributed by atoms with E-state index in [-0.39, 0.29) is 11.6 Å². The van der Waals surface area contributed by atoms with Gasteiger partial charge in [0, 0.05) is 11.5 Å². The predicted octanol–water partition coefficient (Wildman–Crippen LogP) is 5.37. The van der Waals surface area contributed by atoms with Crippen LogP contribution in [0.3, 0.4) is 0 Å². The molecule has 0 spiro atoms. The van der Waals surface area contributed by atoms with Gasteiger partial charge in [-0.3, -0.25) is 9.59 Å². The summed E-state index contributed by atoms with van der Waals surface area (Å²) in [4.78, 5) is 24.9. The predicted molar refractivity (Wildman–Crippen MR) is 100 cm³/mol. The van der Waals surface area contributed by atoms with Crippen molar-refractivity contribution in [3.05, 3.63) is 67.7 Å². The number of ketones is 2. The standard InChI is InChI=1S/C16H14O2S4/c17-13(15-3-1-7-21-15)5-9-19-11-12-20-10-6-14(18)16-4-2-8-22-16/h1-10H,11-12H2/b9-5+,10-6+. The van der Waals surface area contributed by atoms with Crippen LogP contribution in [0, 0.1) is 0 Å². The third-order valence-electron chi connectivity index (χ3n) is 2.48. The van der Waals surface area contributed by atoms with Crippen LogP contribution in [0.4, 0.5) is 0 Å². The van der Waals surface area contributed by atoms with Crippen molar-refractivity contribution in [2.45, 2.75) is 0 Å². The van der Waals surface area contributed by atoms with Crippen molar-refractivity contribution in [2.75, 3.05) is 11.5 Å². The molecule has 0 fully saturated rings. The Hall–Kier alpha value is -1.08. The summed E-state index contributed by atoms with van der Waals surface area (Å²) in [5.41, 5.74) is 0. The summed E-state index contributed by atoms with van der Waals surface area (Å²) in [6, 6.07) is 7.40. The molecule has 0 saturated carbocycles. The normalized spacial score (nSPS) is 11.5. The van der Waals surface area contributed by atoms with Gasteiger partial charge in [0.1, 0.15) is 0 Å². The number of thiophene rings is 2. The number of allylic oxidation sites excluding steroid dienone is 2. The van der Waals surface area contributed by atoms with Crippen molar-refractivity contribution in [1.29, 1.82) is 0 Å². The molecule has 0 bridgehead atoms. The fourth-order valence-electron chi connectivity index (χ4n) is 1.45. The lowest BCUT2D eigenvalue weighted by molar-refractivity contribution is 0.104. The second kappa shape index (κ2) is 9.84. The van der Waals surface area contributed by atoms with Crippen molar-refractivity contribution >= 4 is 57.8 Å². The molecular formula is C16H14O2S4. The highest BCUT2D eigenvalue weighted by molar-refractivity contribution is 8.05. The number of carbonyl (C=O) groups excluding carboxylic acids is 2. The molecule has 0 unspecified atom stereocenters. The minimum atomic E-state index is 0.0524. The van der Waals surface area contributed by atoms with E-state index >= 15 is 0 Å². The zero-order valence-electron chi connectivity index (χ0n) is 11.6. The number of hydrogen-bond donors (Lipinski definition) is 0. The highest BCUT2D eigenvalue weighted by Crippen LogP contribution is 2.14. The lowest BCUT2D eigenvalue weighted by atomic mass is 10.3. The lowest BCUT2D eigenvalue weighted by Crippen LogP contribution is -1.89. The first-order valence-corrected chi connectivity index (χ1v) is 10.3. The second-order valence-corrected chi connectivity index (χ2v) is 7.95. The molecule has 0 N–H and O–H groups in total. The van der Waals surface area contributed by atoms with E-state index in [1.54, 1.807) is 35.7 Å². The monoisotopic (exact) mass is 366 g/mol. The van der Waals surface area contributed by atoms with Crippen LogP contribution in [0.1, 0.15) is 19.3 Å². The summed E-state index contributed by atoms with van der Waals surface area (Å²) in [7, 11) is 0. The fourth-order valence-corrected chi connectivity index (χ4v) is 4.23. The van der Waals surface area contributed by atoms with Gasteiger partial charge < -0.3 is 0 Å². The van der Waals surface area contributed by atoms with Gasteiger partial charge in [0.2, 0.25) is 0 Å². The highest BCUT2D eigenvalue weighted by Gasteiger charge is 2.01. The van der Waals surface area contributed by atoms with Gasteiger partial charge in [-0.1, -0.05) is 12.1 Å². The van der Waals surface area contributed by atoms with E-state index in [0.29, 0.717) is 0 Å². The van der Waals surface area contributed by atoms with Crippen molar-refractivity contribution < 1.29 is 9.59 Å². The van der Waals surface area contributed by atoms with Gasteiger partial charge in [-0.2, -0.15) is 0 Å². The van der Waals surface area contributed by atoms with Crippen molar-refractivity contribution in [2.24, 2.45) is 0 Å². The Morgan fingerprint density at radius 3 is 1.68 bits per heavy atom. The molecule has 0 saturated heterocycles. The molecule has 0 aromatic carbocycles. The molecule has 114 valence electrons.